The summed E-state index contributed by atoms with van der Waals surface area (Å²) in [6.45, 7) is 2.13. The SMILES string of the molecule is CCc1cnc(Cc2cccc3ccccc23)[nH]1. The van der Waals surface area contributed by atoms with Crippen molar-refractivity contribution in [2.75, 3.05) is 0 Å². The van der Waals surface area contributed by atoms with E-state index in [1.54, 1.807) is 0 Å². The van der Waals surface area contributed by atoms with Gasteiger partial charge in [-0.25, -0.2) is 4.98 Å². The molecular weight excluding hydrogens is 220 g/mol. The van der Waals surface area contributed by atoms with Crippen LogP contribution in [0, 0.1) is 0 Å². The zero-order chi connectivity index (χ0) is 12.4. The summed E-state index contributed by atoms with van der Waals surface area (Å²) in [4.78, 5) is 7.80. The van der Waals surface area contributed by atoms with Gasteiger partial charge in [0.15, 0.2) is 0 Å². The molecule has 0 radical (unpaired) electrons. The number of aromatic amines is 1. The second-order valence-electron chi connectivity index (χ2n) is 4.52. The largest absolute Gasteiger partial charge is 0.346 e. The van der Waals surface area contributed by atoms with Crippen molar-refractivity contribution < 1.29 is 0 Å². The average Bonchev–Trinajstić information content (AvgIpc) is 2.87. The zero-order valence-corrected chi connectivity index (χ0v) is 10.5. The number of H-pyrrole nitrogens is 1. The molecule has 2 aromatic carbocycles. The lowest BCUT2D eigenvalue weighted by molar-refractivity contribution is 0.993. The van der Waals surface area contributed by atoms with Crippen molar-refractivity contribution in [3.8, 4) is 0 Å². The summed E-state index contributed by atoms with van der Waals surface area (Å²) in [6, 6.07) is 14.9. The van der Waals surface area contributed by atoms with E-state index in [4.69, 9.17) is 0 Å². The van der Waals surface area contributed by atoms with E-state index in [9.17, 15) is 0 Å². The number of hydrogen-bond donors (Lipinski definition) is 1. The number of aryl methyl sites for hydroxylation is 1. The quantitative estimate of drug-likeness (QED) is 0.737. The zero-order valence-electron chi connectivity index (χ0n) is 10.5. The monoisotopic (exact) mass is 236 g/mol. The molecule has 0 fully saturated rings. The van der Waals surface area contributed by atoms with Gasteiger partial charge >= 0.3 is 0 Å². The lowest BCUT2D eigenvalue weighted by atomic mass is 10.0. The van der Waals surface area contributed by atoms with Gasteiger partial charge in [0, 0.05) is 18.3 Å². The van der Waals surface area contributed by atoms with Crippen molar-refractivity contribution in [2.24, 2.45) is 0 Å². The molecule has 0 atom stereocenters. The minimum atomic E-state index is 0.862. The Morgan fingerprint density at radius 1 is 1.06 bits per heavy atom. The van der Waals surface area contributed by atoms with Crippen LogP contribution >= 0.6 is 0 Å². The van der Waals surface area contributed by atoms with E-state index in [1.165, 1.54) is 22.0 Å². The van der Waals surface area contributed by atoms with Crippen LogP contribution in [-0.4, -0.2) is 9.97 Å². The van der Waals surface area contributed by atoms with Gasteiger partial charge in [-0.2, -0.15) is 0 Å². The third-order valence-corrected chi connectivity index (χ3v) is 3.30. The summed E-state index contributed by atoms with van der Waals surface area (Å²) in [6.07, 6.45) is 3.80. The normalized spacial score (nSPS) is 10.9. The number of fused-ring (bicyclic) bond motifs is 1. The fraction of sp³-hybridized carbons (Fsp3) is 0.188. The first-order valence-electron chi connectivity index (χ1n) is 6.36. The Morgan fingerprint density at radius 2 is 1.89 bits per heavy atom. The minimum absolute atomic E-state index is 0.862. The molecule has 90 valence electrons. The third kappa shape index (κ3) is 2.02. The van der Waals surface area contributed by atoms with Crippen LogP contribution in [0.3, 0.4) is 0 Å². The smallest absolute Gasteiger partial charge is 0.110 e. The Morgan fingerprint density at radius 3 is 2.72 bits per heavy atom. The number of nitrogens with one attached hydrogen (secondary N) is 1. The molecule has 0 amide bonds. The summed E-state index contributed by atoms with van der Waals surface area (Å²) in [5, 5.41) is 2.60. The van der Waals surface area contributed by atoms with Crippen LogP contribution in [0.1, 0.15) is 24.0 Å². The Bertz CT molecular complexity index is 662. The van der Waals surface area contributed by atoms with Crippen molar-refractivity contribution >= 4 is 10.8 Å². The standard InChI is InChI=1S/C16H16N2/c1-2-14-11-17-16(18-14)10-13-8-5-7-12-6-3-4-9-15(12)13/h3-9,11H,2,10H2,1H3,(H,17,18). The first-order chi connectivity index (χ1) is 8.86. The molecule has 1 aromatic heterocycles. The minimum Gasteiger partial charge on any atom is -0.346 e. The first-order valence-corrected chi connectivity index (χ1v) is 6.36. The average molecular weight is 236 g/mol. The molecule has 18 heavy (non-hydrogen) atoms. The molecule has 1 heterocycles. The van der Waals surface area contributed by atoms with Gasteiger partial charge in [-0.1, -0.05) is 49.4 Å². The van der Waals surface area contributed by atoms with Crippen LogP contribution in [0.2, 0.25) is 0 Å². The topological polar surface area (TPSA) is 28.7 Å². The Labute approximate surface area is 107 Å². The van der Waals surface area contributed by atoms with Gasteiger partial charge in [0.1, 0.15) is 5.82 Å². The summed E-state index contributed by atoms with van der Waals surface area (Å²) >= 11 is 0. The molecule has 0 aliphatic rings. The third-order valence-electron chi connectivity index (χ3n) is 3.30. The summed E-state index contributed by atoms with van der Waals surface area (Å²) in [5.74, 6) is 1.04. The summed E-state index contributed by atoms with van der Waals surface area (Å²) < 4.78 is 0. The summed E-state index contributed by atoms with van der Waals surface area (Å²) in [7, 11) is 0. The van der Waals surface area contributed by atoms with E-state index in [2.05, 4.69) is 59.4 Å². The highest BCUT2D eigenvalue weighted by atomic mass is 14.9. The molecule has 0 aliphatic carbocycles. The van der Waals surface area contributed by atoms with Gasteiger partial charge in [-0.05, 0) is 22.8 Å². The highest BCUT2D eigenvalue weighted by molar-refractivity contribution is 5.85. The molecule has 0 bridgehead atoms. The van der Waals surface area contributed by atoms with Crippen LogP contribution in [0.4, 0.5) is 0 Å². The van der Waals surface area contributed by atoms with E-state index in [-0.39, 0.29) is 0 Å². The summed E-state index contributed by atoms with van der Waals surface area (Å²) in [5.41, 5.74) is 2.52. The maximum atomic E-state index is 4.43. The van der Waals surface area contributed by atoms with Gasteiger partial charge in [-0.15, -0.1) is 0 Å². The van der Waals surface area contributed by atoms with Crippen molar-refractivity contribution in [1.82, 2.24) is 9.97 Å². The van der Waals surface area contributed by atoms with E-state index < -0.39 is 0 Å². The Balaban J connectivity index is 1.99. The van der Waals surface area contributed by atoms with E-state index in [0.29, 0.717) is 0 Å². The number of imidazole rings is 1. The molecular formula is C16H16N2. The number of nitrogens with zero attached hydrogens (tertiary/aromatic N) is 1. The Kier molecular flexibility index (Phi) is 2.85. The molecule has 2 nitrogen and oxygen atoms in total. The second kappa shape index (κ2) is 4.65. The Hall–Kier alpha value is -2.09. The van der Waals surface area contributed by atoms with Crippen LogP contribution in [0.15, 0.2) is 48.7 Å². The van der Waals surface area contributed by atoms with E-state index in [0.717, 1.165) is 18.7 Å². The molecule has 3 aromatic rings. The molecule has 3 rings (SSSR count). The maximum Gasteiger partial charge on any atom is 0.110 e. The van der Waals surface area contributed by atoms with Gasteiger partial charge < -0.3 is 4.98 Å². The molecule has 0 unspecified atom stereocenters. The van der Waals surface area contributed by atoms with Crippen LogP contribution in [-0.2, 0) is 12.8 Å². The molecule has 0 saturated carbocycles. The fourth-order valence-electron chi connectivity index (χ4n) is 2.30. The molecule has 0 saturated heterocycles. The maximum absolute atomic E-state index is 4.43. The lowest BCUT2D eigenvalue weighted by Crippen LogP contribution is -1.92. The van der Waals surface area contributed by atoms with Gasteiger partial charge in [0.05, 0.1) is 0 Å². The highest BCUT2D eigenvalue weighted by Crippen LogP contribution is 2.20. The van der Waals surface area contributed by atoms with Crippen LogP contribution in [0.25, 0.3) is 10.8 Å². The predicted octanol–water partition coefficient (Wildman–Crippen LogP) is 3.72. The molecule has 0 aliphatic heterocycles. The number of benzene rings is 2. The van der Waals surface area contributed by atoms with Crippen molar-refractivity contribution in [3.63, 3.8) is 0 Å². The predicted molar refractivity (Wildman–Crippen MR) is 74.7 cm³/mol. The van der Waals surface area contributed by atoms with Crippen molar-refractivity contribution in [2.45, 2.75) is 19.8 Å². The first kappa shape index (κ1) is 11.0. The number of aromatic nitrogens is 2. The van der Waals surface area contributed by atoms with Gasteiger partial charge in [-0.3, -0.25) is 0 Å². The van der Waals surface area contributed by atoms with E-state index in [1.807, 2.05) is 6.20 Å². The molecule has 2 heteroatoms. The number of rotatable bonds is 3. The molecule has 1 N–H and O–H groups in total. The molecule has 0 spiro atoms. The second-order valence-corrected chi connectivity index (χ2v) is 4.52. The number of hydrogen-bond acceptors (Lipinski definition) is 1. The van der Waals surface area contributed by atoms with Crippen molar-refractivity contribution in [1.29, 1.82) is 0 Å². The van der Waals surface area contributed by atoms with Crippen LogP contribution < -0.4 is 0 Å². The van der Waals surface area contributed by atoms with Gasteiger partial charge in [0.2, 0.25) is 0 Å². The van der Waals surface area contributed by atoms with Crippen molar-refractivity contribution in [3.05, 3.63) is 65.7 Å². The van der Waals surface area contributed by atoms with E-state index >= 15 is 0 Å². The van der Waals surface area contributed by atoms with Gasteiger partial charge in [0.25, 0.3) is 0 Å². The fourth-order valence-corrected chi connectivity index (χ4v) is 2.30. The van der Waals surface area contributed by atoms with Crippen LogP contribution in [0.5, 0.6) is 0 Å². The highest BCUT2D eigenvalue weighted by Gasteiger charge is 2.04. The lowest BCUT2D eigenvalue weighted by Gasteiger charge is -2.04.